The molecule has 23 heavy (non-hydrogen) atoms. The van der Waals surface area contributed by atoms with Crippen molar-refractivity contribution in [2.45, 2.75) is 31.2 Å². The highest BCUT2D eigenvalue weighted by Crippen LogP contribution is 2.27. The second-order valence-corrected chi connectivity index (χ2v) is 9.01. The summed E-state index contributed by atoms with van der Waals surface area (Å²) >= 11 is 1.50. The molecule has 0 radical (unpaired) electrons. The summed E-state index contributed by atoms with van der Waals surface area (Å²) in [6.45, 7) is 4.74. The molecule has 1 fully saturated rings. The van der Waals surface area contributed by atoms with Gasteiger partial charge in [0.15, 0.2) is 0 Å². The van der Waals surface area contributed by atoms with E-state index in [2.05, 4.69) is 9.71 Å². The summed E-state index contributed by atoms with van der Waals surface area (Å²) in [6.07, 6.45) is 4.28. The molecule has 1 aliphatic rings. The third-order valence-corrected chi connectivity index (χ3v) is 6.75. The fraction of sp³-hybridized carbons (Fsp3) is 0.438. The lowest BCUT2D eigenvalue weighted by atomic mass is 9.96. The Hall–Kier alpha value is -1.28. The molecule has 0 aliphatic carbocycles. The van der Waals surface area contributed by atoms with E-state index in [1.54, 1.807) is 18.5 Å². The average Bonchev–Trinajstić information content (AvgIpc) is 3.06. The van der Waals surface area contributed by atoms with Crippen LogP contribution in [-0.4, -0.2) is 32.7 Å². The van der Waals surface area contributed by atoms with E-state index in [1.165, 1.54) is 11.3 Å². The van der Waals surface area contributed by atoms with Gasteiger partial charge in [0, 0.05) is 28.1 Å². The van der Waals surface area contributed by atoms with Crippen LogP contribution in [0.1, 0.15) is 15.3 Å². The first-order chi connectivity index (χ1) is 11.0. The van der Waals surface area contributed by atoms with Crippen molar-refractivity contribution in [2.24, 2.45) is 5.92 Å². The van der Waals surface area contributed by atoms with Crippen molar-refractivity contribution in [3.63, 3.8) is 0 Å². The lowest BCUT2D eigenvalue weighted by molar-refractivity contribution is 0.183. The van der Waals surface area contributed by atoms with Gasteiger partial charge in [0.1, 0.15) is 0 Å². The van der Waals surface area contributed by atoms with Gasteiger partial charge in [-0.3, -0.25) is 4.98 Å². The van der Waals surface area contributed by atoms with Crippen LogP contribution in [0, 0.1) is 19.8 Å². The molecule has 2 aromatic heterocycles. The zero-order valence-corrected chi connectivity index (χ0v) is 14.8. The van der Waals surface area contributed by atoms with Crippen LogP contribution in [0.15, 0.2) is 35.5 Å². The van der Waals surface area contributed by atoms with Crippen molar-refractivity contribution in [1.82, 2.24) is 9.71 Å². The Morgan fingerprint density at radius 1 is 1.30 bits per heavy atom. The molecule has 0 unspecified atom stereocenters. The van der Waals surface area contributed by atoms with E-state index in [0.29, 0.717) is 18.1 Å². The zero-order chi connectivity index (χ0) is 16.4. The van der Waals surface area contributed by atoms with E-state index in [9.17, 15) is 8.42 Å². The molecule has 1 N–H and O–H groups in total. The summed E-state index contributed by atoms with van der Waals surface area (Å²) in [5, 5.41) is 0. The van der Waals surface area contributed by atoms with Gasteiger partial charge in [-0.05, 0) is 44.0 Å². The molecule has 3 heterocycles. The molecular weight excluding hydrogens is 332 g/mol. The monoisotopic (exact) mass is 352 g/mol. The minimum Gasteiger partial charge on any atom is -0.379 e. The summed E-state index contributed by atoms with van der Waals surface area (Å²) in [5.41, 5.74) is 1.14. The molecule has 0 bridgehead atoms. The number of aryl methyl sites for hydroxylation is 2. The van der Waals surface area contributed by atoms with Crippen molar-refractivity contribution < 1.29 is 13.2 Å². The van der Waals surface area contributed by atoms with E-state index < -0.39 is 10.0 Å². The third-order valence-electron chi connectivity index (χ3n) is 4.04. The van der Waals surface area contributed by atoms with Gasteiger partial charge >= 0.3 is 0 Å². The molecule has 3 rings (SSSR count). The van der Waals surface area contributed by atoms with Crippen LogP contribution < -0.4 is 4.72 Å². The van der Waals surface area contributed by atoms with Gasteiger partial charge in [0.2, 0.25) is 10.0 Å². The number of pyridine rings is 1. The Bertz CT molecular complexity index is 772. The van der Waals surface area contributed by atoms with E-state index in [4.69, 9.17) is 4.74 Å². The molecule has 0 spiro atoms. The minimum atomic E-state index is -3.51. The van der Waals surface area contributed by atoms with Gasteiger partial charge in [-0.1, -0.05) is 0 Å². The van der Waals surface area contributed by atoms with Crippen LogP contribution in [0.5, 0.6) is 0 Å². The van der Waals surface area contributed by atoms with Gasteiger partial charge in [-0.15, -0.1) is 11.3 Å². The number of sulfonamides is 1. The normalized spacial score (nSPS) is 21.7. The number of rotatable bonds is 5. The maximum absolute atomic E-state index is 12.7. The molecule has 0 saturated carbocycles. The Morgan fingerprint density at radius 2 is 2.04 bits per heavy atom. The van der Waals surface area contributed by atoms with Crippen molar-refractivity contribution in [2.75, 3.05) is 13.2 Å². The summed E-state index contributed by atoms with van der Waals surface area (Å²) in [6, 6.07) is 5.44. The van der Waals surface area contributed by atoms with Gasteiger partial charge < -0.3 is 4.74 Å². The molecule has 5 nitrogen and oxygen atoms in total. The summed E-state index contributed by atoms with van der Waals surface area (Å²) in [7, 11) is -3.51. The number of aromatic nitrogens is 1. The molecule has 124 valence electrons. The Kier molecular flexibility index (Phi) is 4.82. The first-order valence-corrected chi connectivity index (χ1v) is 9.81. The predicted molar refractivity (Wildman–Crippen MR) is 90.2 cm³/mol. The van der Waals surface area contributed by atoms with Crippen molar-refractivity contribution in [3.05, 3.63) is 45.9 Å². The summed E-state index contributed by atoms with van der Waals surface area (Å²) in [5.74, 6) is 0.132. The Labute approximate surface area is 140 Å². The van der Waals surface area contributed by atoms with Crippen LogP contribution in [0.25, 0.3) is 0 Å². The molecule has 0 amide bonds. The molecule has 2 atom stereocenters. The number of thiophene rings is 1. The van der Waals surface area contributed by atoms with E-state index in [-0.39, 0.29) is 12.0 Å². The molecule has 1 aliphatic heterocycles. The fourth-order valence-corrected chi connectivity index (χ4v) is 5.73. The highest BCUT2D eigenvalue weighted by molar-refractivity contribution is 7.89. The molecule has 1 saturated heterocycles. The highest BCUT2D eigenvalue weighted by Gasteiger charge is 2.33. The van der Waals surface area contributed by atoms with Crippen molar-refractivity contribution in [1.29, 1.82) is 0 Å². The van der Waals surface area contributed by atoms with Crippen molar-refractivity contribution in [3.8, 4) is 0 Å². The maximum atomic E-state index is 12.7. The van der Waals surface area contributed by atoms with E-state index in [0.717, 1.165) is 21.7 Å². The first-order valence-electron chi connectivity index (χ1n) is 7.52. The van der Waals surface area contributed by atoms with Gasteiger partial charge in [-0.2, -0.15) is 0 Å². The van der Waals surface area contributed by atoms with Gasteiger partial charge in [0.25, 0.3) is 0 Å². The Morgan fingerprint density at radius 3 is 2.70 bits per heavy atom. The van der Waals surface area contributed by atoms with Gasteiger partial charge in [-0.25, -0.2) is 13.1 Å². The van der Waals surface area contributed by atoms with Crippen LogP contribution >= 0.6 is 11.3 Å². The van der Waals surface area contributed by atoms with E-state index in [1.807, 2.05) is 26.0 Å². The lowest BCUT2D eigenvalue weighted by Crippen LogP contribution is -2.40. The topological polar surface area (TPSA) is 68.3 Å². The summed E-state index contributed by atoms with van der Waals surface area (Å²) < 4.78 is 33.7. The molecule has 0 aromatic carbocycles. The smallest absolute Gasteiger partial charge is 0.242 e. The standard InChI is InChI=1S/C16H20N2O3S2/c1-11-7-16(12(2)22-11)23(19,20)18-15-10-21-9-14(15)8-13-3-5-17-6-4-13/h3-7,14-15,18H,8-10H2,1-2H3/t14-,15+/m1/s1. The number of hydrogen-bond donors (Lipinski definition) is 1. The molecular formula is C16H20N2O3S2. The number of nitrogens with zero attached hydrogens (tertiary/aromatic N) is 1. The number of ether oxygens (including phenoxy) is 1. The van der Waals surface area contributed by atoms with Crippen LogP contribution in [0.4, 0.5) is 0 Å². The predicted octanol–water partition coefficient (Wildman–Crippen LogP) is 2.30. The number of hydrogen-bond acceptors (Lipinski definition) is 5. The maximum Gasteiger partial charge on any atom is 0.242 e. The fourth-order valence-electron chi connectivity index (χ4n) is 2.89. The lowest BCUT2D eigenvalue weighted by Gasteiger charge is -2.19. The highest BCUT2D eigenvalue weighted by atomic mass is 32.2. The third kappa shape index (κ3) is 3.80. The largest absolute Gasteiger partial charge is 0.379 e. The van der Waals surface area contributed by atoms with Crippen molar-refractivity contribution >= 4 is 21.4 Å². The average molecular weight is 352 g/mol. The zero-order valence-electron chi connectivity index (χ0n) is 13.2. The SMILES string of the molecule is Cc1cc(S(=O)(=O)N[C@H]2COC[C@H]2Cc2ccncc2)c(C)s1. The van der Waals surface area contributed by atoms with Crippen LogP contribution in [0.2, 0.25) is 0 Å². The van der Waals surface area contributed by atoms with Crippen LogP contribution in [0.3, 0.4) is 0 Å². The number of nitrogens with one attached hydrogen (secondary N) is 1. The van der Waals surface area contributed by atoms with Gasteiger partial charge in [0.05, 0.1) is 24.2 Å². The van der Waals surface area contributed by atoms with E-state index >= 15 is 0 Å². The first kappa shape index (κ1) is 16.6. The Balaban J connectivity index is 1.74. The minimum absolute atomic E-state index is 0.132. The summed E-state index contributed by atoms with van der Waals surface area (Å²) in [4.78, 5) is 6.21. The second-order valence-electron chi connectivity index (χ2n) is 5.86. The second kappa shape index (κ2) is 6.68. The molecule has 7 heteroatoms. The quantitative estimate of drug-likeness (QED) is 0.896. The van der Waals surface area contributed by atoms with Crippen LogP contribution in [-0.2, 0) is 21.2 Å². The molecule has 2 aromatic rings.